The molecule has 0 aliphatic rings. The van der Waals surface area contributed by atoms with Gasteiger partial charge in [0.2, 0.25) is 0 Å². The Balaban J connectivity index is 1.97. The van der Waals surface area contributed by atoms with Gasteiger partial charge in [-0.25, -0.2) is 4.98 Å². The molecule has 0 saturated carbocycles. The molecule has 0 amide bonds. The fraction of sp³-hybridized carbons (Fsp3) is 0.308. The van der Waals surface area contributed by atoms with Crippen molar-refractivity contribution in [1.82, 2.24) is 15.0 Å². The molecule has 0 aliphatic carbocycles. The molecule has 0 aliphatic heterocycles. The molecule has 0 unspecified atom stereocenters. The summed E-state index contributed by atoms with van der Waals surface area (Å²) in [5.41, 5.74) is 1.87. The fourth-order valence-electron chi connectivity index (χ4n) is 1.59. The number of pyridine rings is 1. The third kappa shape index (κ3) is 3.40. The SMILES string of the molecule is CN(CCc1ccccn1)c1cncc(CCl)n1. The van der Waals surface area contributed by atoms with E-state index in [0.717, 1.165) is 30.2 Å². The van der Waals surface area contributed by atoms with Crippen LogP contribution in [0.25, 0.3) is 0 Å². The smallest absolute Gasteiger partial charge is 0.147 e. The van der Waals surface area contributed by atoms with Gasteiger partial charge in [-0.15, -0.1) is 11.6 Å². The molecular weight excluding hydrogens is 248 g/mol. The number of hydrogen-bond acceptors (Lipinski definition) is 4. The molecule has 0 radical (unpaired) electrons. The molecule has 0 spiro atoms. The van der Waals surface area contributed by atoms with Crippen molar-refractivity contribution in [1.29, 1.82) is 0 Å². The van der Waals surface area contributed by atoms with Gasteiger partial charge in [0.25, 0.3) is 0 Å². The minimum atomic E-state index is 0.384. The average molecular weight is 263 g/mol. The topological polar surface area (TPSA) is 41.9 Å². The molecule has 0 N–H and O–H groups in total. The molecule has 2 heterocycles. The maximum atomic E-state index is 5.75. The van der Waals surface area contributed by atoms with Gasteiger partial charge >= 0.3 is 0 Å². The maximum absolute atomic E-state index is 5.75. The van der Waals surface area contributed by atoms with E-state index in [0.29, 0.717) is 5.88 Å². The van der Waals surface area contributed by atoms with Crippen molar-refractivity contribution in [3.63, 3.8) is 0 Å². The lowest BCUT2D eigenvalue weighted by atomic mass is 10.2. The van der Waals surface area contributed by atoms with E-state index < -0.39 is 0 Å². The number of hydrogen-bond donors (Lipinski definition) is 0. The number of anilines is 1. The largest absolute Gasteiger partial charge is 0.358 e. The summed E-state index contributed by atoms with van der Waals surface area (Å²) >= 11 is 5.75. The molecular formula is C13H15ClN4. The highest BCUT2D eigenvalue weighted by Crippen LogP contribution is 2.09. The summed E-state index contributed by atoms with van der Waals surface area (Å²) in [4.78, 5) is 14.9. The van der Waals surface area contributed by atoms with E-state index in [4.69, 9.17) is 11.6 Å². The molecule has 2 aromatic rings. The normalized spacial score (nSPS) is 10.3. The van der Waals surface area contributed by atoms with Crippen LogP contribution in [-0.4, -0.2) is 28.5 Å². The van der Waals surface area contributed by atoms with Crippen LogP contribution in [0, 0.1) is 0 Å². The Bertz CT molecular complexity index is 489. The third-order valence-electron chi connectivity index (χ3n) is 2.63. The van der Waals surface area contributed by atoms with Crippen LogP contribution in [0.2, 0.25) is 0 Å². The van der Waals surface area contributed by atoms with Crippen LogP contribution in [-0.2, 0) is 12.3 Å². The summed E-state index contributed by atoms with van der Waals surface area (Å²) in [5.74, 6) is 1.22. The van der Waals surface area contributed by atoms with Crippen molar-refractivity contribution in [2.45, 2.75) is 12.3 Å². The highest BCUT2D eigenvalue weighted by Gasteiger charge is 2.04. The number of aromatic nitrogens is 3. The first kappa shape index (κ1) is 12.8. The molecule has 0 bridgehead atoms. The number of likely N-dealkylation sites (N-methyl/N-ethyl adjacent to an activating group) is 1. The predicted octanol–water partition coefficient (Wildman–Crippen LogP) is 2.29. The second kappa shape index (κ2) is 6.31. The Labute approximate surface area is 112 Å². The molecule has 0 saturated heterocycles. The summed E-state index contributed by atoms with van der Waals surface area (Å²) in [7, 11) is 1.99. The van der Waals surface area contributed by atoms with Crippen molar-refractivity contribution in [2.75, 3.05) is 18.5 Å². The summed E-state index contributed by atoms with van der Waals surface area (Å²) in [6.07, 6.45) is 6.12. The average Bonchev–Trinajstić information content (AvgIpc) is 2.46. The van der Waals surface area contributed by atoms with Gasteiger partial charge < -0.3 is 4.90 Å². The fourth-order valence-corrected chi connectivity index (χ4v) is 1.71. The number of halogens is 1. The second-order valence-corrected chi connectivity index (χ2v) is 4.26. The highest BCUT2D eigenvalue weighted by molar-refractivity contribution is 6.16. The molecule has 0 atom stereocenters. The first-order valence-corrected chi connectivity index (χ1v) is 6.31. The van der Waals surface area contributed by atoms with Gasteiger partial charge in [0.1, 0.15) is 5.82 Å². The van der Waals surface area contributed by atoms with Crippen molar-refractivity contribution in [2.24, 2.45) is 0 Å². The number of nitrogens with zero attached hydrogens (tertiary/aromatic N) is 4. The summed E-state index contributed by atoms with van der Waals surface area (Å²) < 4.78 is 0. The van der Waals surface area contributed by atoms with Crippen molar-refractivity contribution in [3.8, 4) is 0 Å². The Morgan fingerprint density at radius 2 is 2.11 bits per heavy atom. The van der Waals surface area contributed by atoms with Crippen LogP contribution in [0.1, 0.15) is 11.4 Å². The zero-order valence-electron chi connectivity index (χ0n) is 10.3. The minimum Gasteiger partial charge on any atom is -0.358 e. The lowest BCUT2D eigenvalue weighted by Crippen LogP contribution is -2.22. The molecule has 2 aromatic heterocycles. The predicted molar refractivity (Wildman–Crippen MR) is 72.8 cm³/mol. The molecule has 94 valence electrons. The van der Waals surface area contributed by atoms with E-state index in [1.165, 1.54) is 0 Å². The molecule has 2 rings (SSSR count). The van der Waals surface area contributed by atoms with Crippen LogP contribution in [0.4, 0.5) is 5.82 Å². The second-order valence-electron chi connectivity index (χ2n) is 3.99. The van der Waals surface area contributed by atoms with E-state index in [9.17, 15) is 0 Å². The molecule has 0 aromatic carbocycles. The Morgan fingerprint density at radius 3 is 2.83 bits per heavy atom. The van der Waals surface area contributed by atoms with E-state index >= 15 is 0 Å². The van der Waals surface area contributed by atoms with Gasteiger partial charge in [-0.05, 0) is 12.1 Å². The Morgan fingerprint density at radius 1 is 1.22 bits per heavy atom. The van der Waals surface area contributed by atoms with Gasteiger partial charge in [0.05, 0.1) is 17.8 Å². The third-order valence-corrected chi connectivity index (χ3v) is 2.90. The van der Waals surface area contributed by atoms with Crippen LogP contribution >= 0.6 is 11.6 Å². The standard InChI is InChI=1S/C13H15ClN4/c1-18(7-5-11-4-2-3-6-16-11)13-10-15-9-12(8-14)17-13/h2-4,6,9-10H,5,7-8H2,1H3. The summed E-state index contributed by atoms with van der Waals surface area (Å²) in [6.45, 7) is 0.845. The lowest BCUT2D eigenvalue weighted by Gasteiger charge is -2.17. The monoisotopic (exact) mass is 262 g/mol. The maximum Gasteiger partial charge on any atom is 0.147 e. The van der Waals surface area contributed by atoms with Crippen LogP contribution < -0.4 is 4.90 Å². The van der Waals surface area contributed by atoms with Crippen molar-refractivity contribution in [3.05, 3.63) is 48.2 Å². The van der Waals surface area contributed by atoms with Gasteiger partial charge in [-0.1, -0.05) is 6.07 Å². The van der Waals surface area contributed by atoms with Gasteiger partial charge in [-0.3, -0.25) is 9.97 Å². The highest BCUT2D eigenvalue weighted by atomic mass is 35.5. The van der Waals surface area contributed by atoms with Crippen molar-refractivity contribution >= 4 is 17.4 Å². The lowest BCUT2D eigenvalue weighted by molar-refractivity contribution is 0.830. The van der Waals surface area contributed by atoms with Gasteiger partial charge in [0.15, 0.2) is 0 Å². The van der Waals surface area contributed by atoms with Gasteiger partial charge in [0, 0.05) is 38.1 Å². The van der Waals surface area contributed by atoms with Gasteiger partial charge in [-0.2, -0.15) is 0 Å². The first-order chi connectivity index (χ1) is 8.79. The first-order valence-electron chi connectivity index (χ1n) is 5.77. The zero-order valence-corrected chi connectivity index (χ0v) is 11.0. The number of alkyl halides is 1. The van der Waals surface area contributed by atoms with Crippen LogP contribution in [0.15, 0.2) is 36.8 Å². The quantitative estimate of drug-likeness (QED) is 0.776. The van der Waals surface area contributed by atoms with E-state index in [-0.39, 0.29) is 0 Å². The number of rotatable bonds is 5. The van der Waals surface area contributed by atoms with E-state index in [2.05, 4.69) is 19.9 Å². The zero-order chi connectivity index (χ0) is 12.8. The van der Waals surface area contributed by atoms with Crippen LogP contribution in [0.5, 0.6) is 0 Å². The van der Waals surface area contributed by atoms with Crippen molar-refractivity contribution < 1.29 is 0 Å². The minimum absolute atomic E-state index is 0.384. The Kier molecular flexibility index (Phi) is 4.47. The van der Waals surface area contributed by atoms with Crippen LogP contribution in [0.3, 0.4) is 0 Å². The Hall–Kier alpha value is -1.68. The summed E-state index contributed by atoms with van der Waals surface area (Å²) in [6, 6.07) is 5.94. The molecule has 0 fully saturated rings. The molecule has 4 nitrogen and oxygen atoms in total. The summed E-state index contributed by atoms with van der Waals surface area (Å²) in [5, 5.41) is 0. The molecule has 18 heavy (non-hydrogen) atoms. The molecule has 5 heteroatoms. The van der Waals surface area contributed by atoms with E-state index in [1.54, 1.807) is 12.4 Å². The van der Waals surface area contributed by atoms with E-state index in [1.807, 2.05) is 31.4 Å².